The van der Waals surface area contributed by atoms with Gasteiger partial charge >= 0.3 is 12.1 Å². The van der Waals surface area contributed by atoms with Gasteiger partial charge in [-0.25, -0.2) is 9.48 Å². The number of aromatic nitrogens is 5. The van der Waals surface area contributed by atoms with E-state index in [1.165, 1.54) is 0 Å². The van der Waals surface area contributed by atoms with Crippen LogP contribution >= 0.6 is 23.4 Å². The van der Waals surface area contributed by atoms with Crippen molar-refractivity contribution in [2.45, 2.75) is 36.0 Å². The SMILES string of the molecule is Clc1ccccc1-n1ccc(CSc2nncn2C2CCNCC2)n1.O=C(O)C(F)(F)F. The van der Waals surface area contributed by atoms with Crippen LogP contribution in [-0.2, 0) is 10.5 Å². The number of para-hydroxylation sites is 1. The van der Waals surface area contributed by atoms with Gasteiger partial charge in [0.25, 0.3) is 0 Å². The van der Waals surface area contributed by atoms with Gasteiger partial charge in [-0.05, 0) is 44.1 Å². The lowest BCUT2D eigenvalue weighted by Gasteiger charge is -2.24. The molecule has 172 valence electrons. The molecule has 1 saturated heterocycles. The van der Waals surface area contributed by atoms with E-state index >= 15 is 0 Å². The number of benzene rings is 1. The number of alkyl halides is 3. The molecule has 1 aliphatic rings. The van der Waals surface area contributed by atoms with Gasteiger partial charge in [-0.3, -0.25) is 0 Å². The highest BCUT2D eigenvalue weighted by molar-refractivity contribution is 7.98. The summed E-state index contributed by atoms with van der Waals surface area (Å²) in [5.74, 6) is -2.01. The van der Waals surface area contributed by atoms with Gasteiger partial charge in [0.05, 0.1) is 16.4 Å². The zero-order valence-corrected chi connectivity index (χ0v) is 18.2. The molecule has 0 amide bonds. The maximum Gasteiger partial charge on any atom is 0.490 e. The molecule has 13 heteroatoms. The Balaban J connectivity index is 0.000000360. The molecule has 0 saturated carbocycles. The van der Waals surface area contributed by atoms with Crippen LogP contribution in [0.2, 0.25) is 5.02 Å². The fourth-order valence-corrected chi connectivity index (χ4v) is 4.12. The second-order valence-electron chi connectivity index (χ2n) is 6.80. The molecule has 32 heavy (non-hydrogen) atoms. The second-order valence-corrected chi connectivity index (χ2v) is 8.15. The van der Waals surface area contributed by atoms with Gasteiger partial charge in [0.2, 0.25) is 0 Å². The number of rotatable bonds is 5. The van der Waals surface area contributed by atoms with Gasteiger partial charge < -0.3 is 15.0 Å². The van der Waals surface area contributed by atoms with Crippen LogP contribution in [0, 0.1) is 0 Å². The average Bonchev–Trinajstić information content (AvgIpc) is 3.42. The van der Waals surface area contributed by atoms with Crippen molar-refractivity contribution >= 4 is 29.3 Å². The number of nitrogens with one attached hydrogen (secondary N) is 1. The van der Waals surface area contributed by atoms with Crippen molar-refractivity contribution in [2.24, 2.45) is 0 Å². The van der Waals surface area contributed by atoms with Gasteiger partial charge in [0.15, 0.2) is 5.16 Å². The third-order valence-electron chi connectivity index (χ3n) is 4.58. The zero-order valence-electron chi connectivity index (χ0n) is 16.7. The van der Waals surface area contributed by atoms with E-state index < -0.39 is 12.1 Å². The number of carboxylic acids is 1. The number of halogens is 4. The minimum atomic E-state index is -5.08. The molecule has 0 spiro atoms. The van der Waals surface area contributed by atoms with Crippen molar-refractivity contribution < 1.29 is 23.1 Å². The first-order valence-corrected chi connectivity index (χ1v) is 10.9. The van der Waals surface area contributed by atoms with Crippen molar-refractivity contribution in [3.8, 4) is 5.69 Å². The maximum atomic E-state index is 10.6. The first kappa shape index (κ1) is 24.1. The molecule has 2 N–H and O–H groups in total. The highest BCUT2D eigenvalue weighted by Crippen LogP contribution is 2.27. The second kappa shape index (κ2) is 10.8. The molecule has 1 aliphatic heterocycles. The molecule has 0 atom stereocenters. The molecule has 0 radical (unpaired) electrons. The Kier molecular flexibility index (Phi) is 8.15. The van der Waals surface area contributed by atoms with E-state index in [0.717, 1.165) is 48.2 Å². The summed E-state index contributed by atoms with van der Waals surface area (Å²) in [5.41, 5.74) is 1.88. The summed E-state index contributed by atoms with van der Waals surface area (Å²) in [6.45, 7) is 2.10. The third-order valence-corrected chi connectivity index (χ3v) is 5.89. The van der Waals surface area contributed by atoms with Crippen molar-refractivity contribution in [2.75, 3.05) is 13.1 Å². The van der Waals surface area contributed by atoms with Crippen molar-refractivity contribution in [3.63, 3.8) is 0 Å². The third kappa shape index (κ3) is 6.47. The summed E-state index contributed by atoms with van der Waals surface area (Å²) in [7, 11) is 0. The van der Waals surface area contributed by atoms with Gasteiger partial charge in [0, 0.05) is 18.0 Å². The van der Waals surface area contributed by atoms with E-state index in [4.69, 9.17) is 21.5 Å². The van der Waals surface area contributed by atoms with E-state index in [2.05, 4.69) is 25.2 Å². The molecule has 2 aromatic heterocycles. The van der Waals surface area contributed by atoms with Crippen molar-refractivity contribution in [1.82, 2.24) is 29.9 Å². The van der Waals surface area contributed by atoms with Crippen LogP contribution in [0.1, 0.15) is 24.6 Å². The fraction of sp³-hybridized carbons (Fsp3) is 0.368. The van der Waals surface area contributed by atoms with Crippen LogP contribution < -0.4 is 5.32 Å². The summed E-state index contributed by atoms with van der Waals surface area (Å²) >= 11 is 7.91. The minimum absolute atomic E-state index is 0.486. The summed E-state index contributed by atoms with van der Waals surface area (Å²) in [6.07, 6.45) is 0.939. The standard InChI is InChI=1S/C17H19ClN6S.C2HF3O2/c18-15-3-1-2-4-16(15)24-10-7-13(22-24)11-25-17-21-20-12-23(17)14-5-8-19-9-6-14;3-2(4,5)1(6)7/h1-4,7,10,12,14,19H,5-6,8-9,11H2;(H,6,7). The summed E-state index contributed by atoms with van der Waals surface area (Å²) in [5, 5.41) is 25.2. The smallest absolute Gasteiger partial charge is 0.475 e. The number of hydrogen-bond acceptors (Lipinski definition) is 6. The number of piperidine rings is 1. The van der Waals surface area contributed by atoms with Crippen LogP contribution in [0.15, 0.2) is 48.0 Å². The Morgan fingerprint density at radius 3 is 2.59 bits per heavy atom. The van der Waals surface area contributed by atoms with Crippen LogP contribution in [0.3, 0.4) is 0 Å². The molecule has 4 rings (SSSR count). The van der Waals surface area contributed by atoms with Gasteiger partial charge in [-0.1, -0.05) is 35.5 Å². The zero-order chi connectivity index (χ0) is 23.1. The first-order chi connectivity index (χ1) is 15.3. The fourth-order valence-electron chi connectivity index (χ4n) is 3.02. The minimum Gasteiger partial charge on any atom is -0.475 e. The largest absolute Gasteiger partial charge is 0.490 e. The van der Waals surface area contributed by atoms with Crippen LogP contribution in [0.25, 0.3) is 5.69 Å². The summed E-state index contributed by atoms with van der Waals surface area (Å²) in [6, 6.07) is 10.2. The number of hydrogen-bond donors (Lipinski definition) is 2. The molecule has 1 aromatic carbocycles. The maximum absolute atomic E-state index is 10.6. The lowest BCUT2D eigenvalue weighted by molar-refractivity contribution is -0.192. The first-order valence-electron chi connectivity index (χ1n) is 9.58. The predicted octanol–water partition coefficient (Wildman–Crippen LogP) is 3.97. The Morgan fingerprint density at radius 2 is 1.94 bits per heavy atom. The number of carboxylic acid groups (broad SMARTS) is 1. The molecule has 0 bridgehead atoms. The van der Waals surface area contributed by atoms with E-state index in [0.29, 0.717) is 11.1 Å². The molecule has 3 aromatic rings. The molecular weight excluding hydrogens is 469 g/mol. The molecule has 3 heterocycles. The van der Waals surface area contributed by atoms with Gasteiger partial charge in [-0.2, -0.15) is 18.3 Å². The Bertz CT molecular complexity index is 1040. The highest BCUT2D eigenvalue weighted by Gasteiger charge is 2.38. The quantitative estimate of drug-likeness (QED) is 0.524. The monoisotopic (exact) mass is 488 g/mol. The van der Waals surface area contributed by atoms with Crippen LogP contribution in [-0.4, -0.2) is 54.9 Å². The lowest BCUT2D eigenvalue weighted by Crippen LogP contribution is -2.29. The molecular formula is C19H20ClF3N6O2S. The van der Waals surface area contributed by atoms with E-state index in [9.17, 15) is 13.2 Å². The molecule has 0 unspecified atom stereocenters. The van der Waals surface area contributed by atoms with Gasteiger partial charge in [-0.15, -0.1) is 10.2 Å². The number of nitrogens with zero attached hydrogens (tertiary/aromatic N) is 5. The lowest BCUT2D eigenvalue weighted by atomic mass is 10.1. The topological polar surface area (TPSA) is 97.9 Å². The molecule has 0 aliphatic carbocycles. The Morgan fingerprint density at radius 1 is 1.25 bits per heavy atom. The highest BCUT2D eigenvalue weighted by atomic mass is 35.5. The molecule has 8 nitrogen and oxygen atoms in total. The Labute approximate surface area is 190 Å². The normalized spacial score (nSPS) is 14.6. The molecule has 1 fully saturated rings. The number of carbonyl (C=O) groups is 1. The summed E-state index contributed by atoms with van der Waals surface area (Å²) < 4.78 is 35.8. The predicted molar refractivity (Wildman–Crippen MR) is 113 cm³/mol. The number of thioether (sulfide) groups is 1. The average molecular weight is 489 g/mol. The van der Waals surface area contributed by atoms with E-state index in [-0.39, 0.29) is 0 Å². The van der Waals surface area contributed by atoms with E-state index in [1.54, 1.807) is 11.8 Å². The Hall–Kier alpha value is -2.57. The van der Waals surface area contributed by atoms with Crippen LogP contribution in [0.4, 0.5) is 13.2 Å². The van der Waals surface area contributed by atoms with Crippen molar-refractivity contribution in [3.05, 3.63) is 53.6 Å². The van der Waals surface area contributed by atoms with Crippen molar-refractivity contribution in [1.29, 1.82) is 0 Å². The van der Waals surface area contributed by atoms with E-state index in [1.807, 2.05) is 47.5 Å². The number of aliphatic carboxylic acids is 1. The summed E-state index contributed by atoms with van der Waals surface area (Å²) in [4.78, 5) is 8.90. The van der Waals surface area contributed by atoms with Gasteiger partial charge in [0.1, 0.15) is 6.33 Å². The van der Waals surface area contributed by atoms with Crippen LogP contribution in [0.5, 0.6) is 0 Å².